The molecule has 0 radical (unpaired) electrons. The van der Waals surface area contributed by atoms with Gasteiger partial charge in [-0.2, -0.15) is 0 Å². The maximum absolute atomic E-state index is 11.6. The molecule has 24 heavy (non-hydrogen) atoms. The highest BCUT2D eigenvalue weighted by Gasteiger charge is 2.13. The van der Waals surface area contributed by atoms with E-state index in [1.54, 1.807) is 30.3 Å². The predicted octanol–water partition coefficient (Wildman–Crippen LogP) is 3.81. The molecule has 0 spiro atoms. The van der Waals surface area contributed by atoms with Crippen molar-refractivity contribution in [1.29, 1.82) is 0 Å². The Morgan fingerprint density at radius 1 is 1.12 bits per heavy atom. The van der Waals surface area contributed by atoms with Crippen molar-refractivity contribution in [3.05, 3.63) is 53.6 Å². The number of hydrogen-bond donors (Lipinski definition) is 2. The van der Waals surface area contributed by atoms with Gasteiger partial charge in [-0.05, 0) is 55.3 Å². The zero-order chi connectivity index (χ0) is 17.7. The predicted molar refractivity (Wildman–Crippen MR) is 92.4 cm³/mol. The van der Waals surface area contributed by atoms with E-state index in [0.717, 1.165) is 0 Å². The lowest BCUT2D eigenvalue weighted by atomic mass is 10.0. The number of benzene rings is 2. The molecule has 0 aliphatic heterocycles. The maximum Gasteiger partial charge on any atom is 0.336 e. The van der Waals surface area contributed by atoms with Crippen LogP contribution in [-0.4, -0.2) is 29.4 Å². The molecule has 0 amide bonds. The summed E-state index contributed by atoms with van der Waals surface area (Å²) in [5.41, 5.74) is 1.15. The monoisotopic (exact) mass is 328 g/mol. The minimum absolute atomic E-state index is 0.00201. The van der Waals surface area contributed by atoms with Gasteiger partial charge in [0.1, 0.15) is 5.75 Å². The van der Waals surface area contributed by atoms with Crippen molar-refractivity contribution in [3.8, 4) is 17.2 Å². The topological polar surface area (TPSA) is 76.0 Å². The standard InChI is InChI=1S/C19H20O5/c1-12(2)24-17-8-7-13(10-18(17)23-3)9-16(19(21)22)14-5-4-6-15(20)11-14/h4-12,20H,1-3H3,(H,21,22)/b16-9-. The van der Waals surface area contributed by atoms with Gasteiger partial charge in [-0.15, -0.1) is 0 Å². The van der Waals surface area contributed by atoms with Gasteiger partial charge >= 0.3 is 5.97 Å². The van der Waals surface area contributed by atoms with Crippen molar-refractivity contribution in [1.82, 2.24) is 0 Å². The van der Waals surface area contributed by atoms with E-state index >= 15 is 0 Å². The molecule has 0 aliphatic carbocycles. The molecule has 2 rings (SSSR count). The van der Waals surface area contributed by atoms with Crippen molar-refractivity contribution < 1.29 is 24.5 Å². The molecular formula is C19H20O5. The van der Waals surface area contributed by atoms with Crippen LogP contribution in [-0.2, 0) is 4.79 Å². The van der Waals surface area contributed by atoms with Crippen LogP contribution in [0, 0.1) is 0 Å². The fourth-order valence-corrected chi connectivity index (χ4v) is 2.23. The first-order chi connectivity index (χ1) is 11.4. The molecular weight excluding hydrogens is 308 g/mol. The van der Waals surface area contributed by atoms with E-state index < -0.39 is 5.97 Å². The van der Waals surface area contributed by atoms with Crippen LogP contribution in [0.25, 0.3) is 11.6 Å². The van der Waals surface area contributed by atoms with Crippen molar-refractivity contribution in [2.75, 3.05) is 7.11 Å². The fraction of sp³-hybridized carbons (Fsp3) is 0.211. The van der Waals surface area contributed by atoms with Crippen LogP contribution in [0.5, 0.6) is 17.2 Å². The number of carbonyl (C=O) groups is 1. The summed E-state index contributed by atoms with van der Waals surface area (Å²) in [6.07, 6.45) is 1.53. The van der Waals surface area contributed by atoms with Gasteiger partial charge in [-0.25, -0.2) is 4.79 Å². The smallest absolute Gasteiger partial charge is 0.336 e. The third-order valence-electron chi connectivity index (χ3n) is 3.25. The van der Waals surface area contributed by atoms with Crippen molar-refractivity contribution in [3.63, 3.8) is 0 Å². The lowest BCUT2D eigenvalue weighted by Gasteiger charge is -2.14. The normalized spacial score (nSPS) is 11.4. The Kier molecular flexibility index (Phi) is 5.47. The molecule has 0 saturated carbocycles. The van der Waals surface area contributed by atoms with Gasteiger partial charge in [0.05, 0.1) is 18.8 Å². The Balaban J connectivity index is 2.44. The number of carboxylic acid groups (broad SMARTS) is 1. The van der Waals surface area contributed by atoms with E-state index in [4.69, 9.17) is 9.47 Å². The summed E-state index contributed by atoms with van der Waals surface area (Å²) in [4.78, 5) is 11.6. The summed E-state index contributed by atoms with van der Waals surface area (Å²) in [7, 11) is 1.53. The molecule has 2 N–H and O–H groups in total. The summed E-state index contributed by atoms with van der Waals surface area (Å²) in [5, 5.41) is 19.0. The number of aliphatic carboxylic acids is 1. The molecule has 2 aromatic carbocycles. The molecule has 0 unspecified atom stereocenters. The summed E-state index contributed by atoms with van der Waals surface area (Å²) >= 11 is 0. The molecule has 5 nitrogen and oxygen atoms in total. The quantitative estimate of drug-likeness (QED) is 0.623. The van der Waals surface area contributed by atoms with E-state index in [9.17, 15) is 15.0 Å². The van der Waals surface area contributed by atoms with Crippen molar-refractivity contribution in [2.45, 2.75) is 20.0 Å². The van der Waals surface area contributed by atoms with E-state index in [2.05, 4.69) is 0 Å². The number of carboxylic acids is 1. The molecule has 0 bridgehead atoms. The number of aromatic hydroxyl groups is 1. The Morgan fingerprint density at radius 3 is 2.46 bits per heavy atom. The zero-order valence-corrected chi connectivity index (χ0v) is 13.8. The van der Waals surface area contributed by atoms with Gasteiger partial charge in [0.2, 0.25) is 0 Å². The van der Waals surface area contributed by atoms with Crippen LogP contribution < -0.4 is 9.47 Å². The minimum atomic E-state index is -1.08. The Labute approximate surface area is 140 Å². The molecule has 2 aromatic rings. The van der Waals surface area contributed by atoms with Crippen LogP contribution in [0.4, 0.5) is 0 Å². The van der Waals surface area contributed by atoms with Crippen LogP contribution >= 0.6 is 0 Å². The second kappa shape index (κ2) is 7.55. The third kappa shape index (κ3) is 4.29. The minimum Gasteiger partial charge on any atom is -0.508 e. The first-order valence-electron chi connectivity index (χ1n) is 7.49. The molecule has 0 fully saturated rings. The lowest BCUT2D eigenvalue weighted by molar-refractivity contribution is -0.130. The van der Waals surface area contributed by atoms with Gasteiger partial charge in [0.25, 0.3) is 0 Å². The highest BCUT2D eigenvalue weighted by molar-refractivity contribution is 6.20. The average Bonchev–Trinajstić information content (AvgIpc) is 2.52. The maximum atomic E-state index is 11.6. The second-order valence-corrected chi connectivity index (χ2v) is 5.49. The van der Waals surface area contributed by atoms with Crippen molar-refractivity contribution >= 4 is 17.6 Å². The zero-order valence-electron chi connectivity index (χ0n) is 13.8. The van der Waals surface area contributed by atoms with Gasteiger partial charge in [-0.1, -0.05) is 18.2 Å². The van der Waals surface area contributed by atoms with E-state index in [1.807, 2.05) is 13.8 Å². The molecule has 0 saturated heterocycles. The third-order valence-corrected chi connectivity index (χ3v) is 3.25. The number of ether oxygens (including phenoxy) is 2. The number of methoxy groups -OCH3 is 1. The molecule has 126 valence electrons. The number of phenolic OH excluding ortho intramolecular Hbond substituents is 1. The van der Waals surface area contributed by atoms with Crippen molar-refractivity contribution in [2.24, 2.45) is 0 Å². The van der Waals surface area contributed by atoms with E-state index in [0.29, 0.717) is 22.6 Å². The number of hydrogen-bond acceptors (Lipinski definition) is 4. The molecule has 0 atom stereocenters. The summed E-state index contributed by atoms with van der Waals surface area (Å²) in [6.45, 7) is 3.83. The van der Waals surface area contributed by atoms with Gasteiger partial charge < -0.3 is 19.7 Å². The Morgan fingerprint density at radius 2 is 1.88 bits per heavy atom. The highest BCUT2D eigenvalue weighted by atomic mass is 16.5. The highest BCUT2D eigenvalue weighted by Crippen LogP contribution is 2.31. The van der Waals surface area contributed by atoms with E-state index in [-0.39, 0.29) is 17.4 Å². The Hall–Kier alpha value is -2.95. The summed E-state index contributed by atoms with van der Waals surface area (Å²) < 4.78 is 11.0. The number of rotatable bonds is 6. The Bertz CT molecular complexity index is 762. The lowest BCUT2D eigenvalue weighted by Crippen LogP contribution is -2.06. The summed E-state index contributed by atoms with van der Waals surface area (Å²) in [5.74, 6) is 0.0527. The van der Waals surface area contributed by atoms with Crippen LogP contribution in [0.2, 0.25) is 0 Å². The first kappa shape index (κ1) is 17.4. The second-order valence-electron chi connectivity index (χ2n) is 5.49. The molecule has 0 aliphatic rings. The fourth-order valence-electron chi connectivity index (χ4n) is 2.23. The average molecular weight is 328 g/mol. The van der Waals surface area contributed by atoms with Gasteiger partial charge in [0.15, 0.2) is 11.5 Å². The molecule has 5 heteroatoms. The molecule has 0 heterocycles. The van der Waals surface area contributed by atoms with Crippen LogP contribution in [0.15, 0.2) is 42.5 Å². The molecule has 0 aromatic heterocycles. The van der Waals surface area contributed by atoms with Crippen LogP contribution in [0.1, 0.15) is 25.0 Å². The van der Waals surface area contributed by atoms with Gasteiger partial charge in [-0.3, -0.25) is 0 Å². The van der Waals surface area contributed by atoms with E-state index in [1.165, 1.54) is 25.3 Å². The van der Waals surface area contributed by atoms with Crippen LogP contribution in [0.3, 0.4) is 0 Å². The van der Waals surface area contributed by atoms with Gasteiger partial charge in [0, 0.05) is 0 Å². The summed E-state index contributed by atoms with van der Waals surface area (Å²) in [6, 6.07) is 11.3. The first-order valence-corrected chi connectivity index (χ1v) is 7.49. The SMILES string of the molecule is COc1cc(/C=C(\C(=O)O)c2cccc(O)c2)ccc1OC(C)C. The number of phenols is 1. The largest absolute Gasteiger partial charge is 0.508 e.